The number of benzene rings is 1. The fourth-order valence-corrected chi connectivity index (χ4v) is 2.66. The van der Waals surface area contributed by atoms with Crippen molar-refractivity contribution in [2.45, 2.75) is 32.2 Å². The van der Waals surface area contributed by atoms with E-state index in [4.69, 9.17) is 4.52 Å². The molecule has 0 aliphatic carbocycles. The van der Waals surface area contributed by atoms with Gasteiger partial charge in [-0.15, -0.1) is 12.4 Å². The van der Waals surface area contributed by atoms with E-state index < -0.39 is 0 Å². The van der Waals surface area contributed by atoms with Gasteiger partial charge in [0.25, 0.3) is 5.91 Å². The molecule has 8 heteroatoms. The number of hydrogen-bond acceptors (Lipinski definition) is 5. The first-order chi connectivity index (χ1) is 11.6. The molecule has 0 bridgehead atoms. The second-order valence-corrected chi connectivity index (χ2v) is 5.82. The summed E-state index contributed by atoms with van der Waals surface area (Å²) in [4.78, 5) is 24.2. The molecule has 2 aromatic rings. The monoisotopic (exact) mass is 364 g/mol. The van der Waals surface area contributed by atoms with Crippen molar-refractivity contribution in [1.82, 2.24) is 10.5 Å². The van der Waals surface area contributed by atoms with E-state index in [-0.39, 0.29) is 30.3 Å². The highest BCUT2D eigenvalue weighted by atomic mass is 35.5. The van der Waals surface area contributed by atoms with Gasteiger partial charge in [0, 0.05) is 11.4 Å². The van der Waals surface area contributed by atoms with Gasteiger partial charge in [-0.05, 0) is 50.6 Å². The van der Waals surface area contributed by atoms with E-state index in [2.05, 4.69) is 21.1 Å². The molecule has 25 heavy (non-hydrogen) atoms. The molecule has 1 unspecified atom stereocenters. The van der Waals surface area contributed by atoms with Crippen molar-refractivity contribution in [2.75, 3.05) is 17.2 Å². The van der Waals surface area contributed by atoms with Gasteiger partial charge >= 0.3 is 0 Å². The van der Waals surface area contributed by atoms with Crippen LogP contribution in [0.1, 0.15) is 35.4 Å². The van der Waals surface area contributed by atoms with Gasteiger partial charge in [0.2, 0.25) is 5.91 Å². The number of carbonyl (C=O) groups excluding carboxylic acids is 2. The number of hydrogen-bond donors (Lipinski definition) is 3. The van der Waals surface area contributed by atoms with Gasteiger partial charge in [0.1, 0.15) is 11.3 Å². The SMILES string of the molecule is Cc1oncc1C(=O)Nc1ccc(NC(=O)C2CCCCN2)cc1.Cl. The second-order valence-electron chi connectivity index (χ2n) is 5.82. The quantitative estimate of drug-likeness (QED) is 0.775. The van der Waals surface area contributed by atoms with Crippen LogP contribution in [0.5, 0.6) is 0 Å². The molecule has 1 aromatic carbocycles. The average Bonchev–Trinajstić information content (AvgIpc) is 3.03. The number of carbonyl (C=O) groups is 2. The van der Waals surface area contributed by atoms with Gasteiger partial charge in [-0.25, -0.2) is 0 Å². The minimum Gasteiger partial charge on any atom is -0.361 e. The summed E-state index contributed by atoms with van der Waals surface area (Å²) in [7, 11) is 0. The third-order valence-corrected chi connectivity index (χ3v) is 4.03. The van der Waals surface area contributed by atoms with Crippen LogP contribution in [0.3, 0.4) is 0 Å². The van der Waals surface area contributed by atoms with Crippen LogP contribution in [-0.4, -0.2) is 29.6 Å². The lowest BCUT2D eigenvalue weighted by molar-refractivity contribution is -0.118. The number of rotatable bonds is 4. The first kappa shape index (κ1) is 19.0. The van der Waals surface area contributed by atoms with Crippen LogP contribution < -0.4 is 16.0 Å². The van der Waals surface area contributed by atoms with Gasteiger partial charge < -0.3 is 20.5 Å². The van der Waals surface area contributed by atoms with E-state index in [1.165, 1.54) is 6.20 Å². The highest BCUT2D eigenvalue weighted by molar-refractivity contribution is 6.04. The molecule has 1 atom stereocenters. The Hall–Kier alpha value is -2.38. The summed E-state index contributed by atoms with van der Waals surface area (Å²) in [6.45, 7) is 2.56. The minimum absolute atomic E-state index is 0. The Balaban J connectivity index is 0.00000225. The van der Waals surface area contributed by atoms with Crippen molar-refractivity contribution in [2.24, 2.45) is 0 Å². The van der Waals surface area contributed by atoms with Crippen molar-refractivity contribution in [3.05, 3.63) is 41.8 Å². The van der Waals surface area contributed by atoms with Gasteiger partial charge in [0.05, 0.1) is 12.2 Å². The largest absolute Gasteiger partial charge is 0.361 e. The molecule has 2 heterocycles. The topological polar surface area (TPSA) is 96.3 Å². The van der Waals surface area contributed by atoms with Crippen LogP contribution in [0.15, 0.2) is 35.0 Å². The number of nitrogens with one attached hydrogen (secondary N) is 3. The maximum Gasteiger partial charge on any atom is 0.260 e. The molecule has 1 aliphatic rings. The Bertz CT molecular complexity index is 724. The number of halogens is 1. The molecule has 0 saturated carbocycles. The molecule has 1 saturated heterocycles. The number of anilines is 2. The van der Waals surface area contributed by atoms with E-state index >= 15 is 0 Å². The number of aryl methyl sites for hydroxylation is 1. The van der Waals surface area contributed by atoms with Crippen LogP contribution in [0.25, 0.3) is 0 Å². The fourth-order valence-electron chi connectivity index (χ4n) is 2.66. The molecule has 2 amide bonds. The molecular formula is C17H21ClN4O3. The van der Waals surface area contributed by atoms with E-state index in [0.717, 1.165) is 25.8 Å². The third-order valence-electron chi connectivity index (χ3n) is 4.03. The van der Waals surface area contributed by atoms with Crippen LogP contribution in [0.4, 0.5) is 11.4 Å². The van der Waals surface area contributed by atoms with Crippen LogP contribution >= 0.6 is 12.4 Å². The molecule has 1 fully saturated rings. The lowest BCUT2D eigenvalue weighted by atomic mass is 10.0. The van der Waals surface area contributed by atoms with Crippen molar-refractivity contribution in [3.8, 4) is 0 Å². The zero-order chi connectivity index (χ0) is 16.9. The lowest BCUT2D eigenvalue weighted by Gasteiger charge is -2.22. The molecule has 1 aromatic heterocycles. The van der Waals surface area contributed by atoms with Crippen molar-refractivity contribution < 1.29 is 14.1 Å². The van der Waals surface area contributed by atoms with Crippen LogP contribution in [-0.2, 0) is 4.79 Å². The maximum atomic E-state index is 12.2. The predicted octanol–water partition coefficient (Wildman–Crippen LogP) is 2.74. The van der Waals surface area contributed by atoms with Crippen molar-refractivity contribution >= 4 is 35.6 Å². The summed E-state index contributed by atoms with van der Waals surface area (Å²) < 4.78 is 4.88. The molecular weight excluding hydrogens is 344 g/mol. The summed E-state index contributed by atoms with van der Waals surface area (Å²) in [5.41, 5.74) is 1.73. The molecule has 0 radical (unpaired) electrons. The zero-order valence-electron chi connectivity index (χ0n) is 13.9. The van der Waals surface area contributed by atoms with Gasteiger partial charge in [-0.1, -0.05) is 11.6 Å². The Morgan fingerprint density at radius 2 is 1.84 bits per heavy atom. The van der Waals surface area contributed by atoms with E-state index in [0.29, 0.717) is 22.7 Å². The summed E-state index contributed by atoms with van der Waals surface area (Å²) in [5, 5.41) is 12.5. The third kappa shape index (κ3) is 4.80. The summed E-state index contributed by atoms with van der Waals surface area (Å²) in [6.07, 6.45) is 4.43. The Morgan fingerprint density at radius 1 is 1.16 bits per heavy atom. The zero-order valence-corrected chi connectivity index (χ0v) is 14.7. The van der Waals surface area contributed by atoms with Gasteiger partial charge in [-0.2, -0.15) is 0 Å². The molecule has 3 N–H and O–H groups in total. The predicted molar refractivity (Wildman–Crippen MR) is 97.2 cm³/mol. The van der Waals surface area contributed by atoms with E-state index in [1.54, 1.807) is 31.2 Å². The number of aromatic nitrogens is 1. The standard InChI is InChI=1S/C17H20N4O3.ClH/c1-11-14(10-19-24-11)16(22)20-12-5-7-13(8-6-12)21-17(23)15-4-2-3-9-18-15;/h5-8,10,15,18H,2-4,9H2,1H3,(H,20,22)(H,21,23);1H. The minimum atomic E-state index is -0.281. The van der Waals surface area contributed by atoms with E-state index in [1.807, 2.05) is 0 Å². The van der Waals surface area contributed by atoms with Gasteiger partial charge in [-0.3, -0.25) is 9.59 Å². The highest BCUT2D eigenvalue weighted by Crippen LogP contribution is 2.17. The lowest BCUT2D eigenvalue weighted by Crippen LogP contribution is -2.43. The van der Waals surface area contributed by atoms with Crippen molar-refractivity contribution in [3.63, 3.8) is 0 Å². The Kier molecular flexibility index (Phi) is 6.55. The number of nitrogens with zero attached hydrogens (tertiary/aromatic N) is 1. The first-order valence-electron chi connectivity index (χ1n) is 8.00. The van der Waals surface area contributed by atoms with Crippen LogP contribution in [0.2, 0.25) is 0 Å². The molecule has 3 rings (SSSR count). The smallest absolute Gasteiger partial charge is 0.260 e. The average molecular weight is 365 g/mol. The van der Waals surface area contributed by atoms with Crippen molar-refractivity contribution in [1.29, 1.82) is 0 Å². The first-order valence-corrected chi connectivity index (χ1v) is 8.00. The molecule has 1 aliphatic heterocycles. The summed E-state index contributed by atoms with van der Waals surface area (Å²) >= 11 is 0. The normalized spacial score (nSPS) is 16.6. The maximum absolute atomic E-state index is 12.2. The second kappa shape index (κ2) is 8.64. The number of piperidine rings is 1. The fraction of sp³-hybridized carbons (Fsp3) is 0.353. The van der Waals surface area contributed by atoms with Gasteiger partial charge in [0.15, 0.2) is 0 Å². The summed E-state index contributed by atoms with van der Waals surface area (Å²) in [5.74, 6) is 0.167. The highest BCUT2D eigenvalue weighted by Gasteiger charge is 2.20. The number of amides is 2. The van der Waals surface area contributed by atoms with E-state index in [9.17, 15) is 9.59 Å². The Labute approximate surface area is 151 Å². The summed E-state index contributed by atoms with van der Waals surface area (Å²) in [6, 6.07) is 6.87. The molecule has 134 valence electrons. The molecule has 0 spiro atoms. The molecule has 7 nitrogen and oxygen atoms in total. The van der Waals surface area contributed by atoms with Crippen LogP contribution in [0, 0.1) is 6.92 Å². The Morgan fingerprint density at radius 3 is 2.40 bits per heavy atom.